The van der Waals surface area contributed by atoms with Crippen LogP contribution in [0.5, 0.6) is 0 Å². The molecule has 1 N–H and O–H groups in total. The molecule has 7 nitrogen and oxygen atoms in total. The van der Waals surface area contributed by atoms with E-state index >= 15 is 0 Å². The van der Waals surface area contributed by atoms with E-state index in [2.05, 4.69) is 26.1 Å². The molecular formula is C27H38N2O5S. The number of amides is 3. The normalized spacial score (nSPS) is 27.6. The van der Waals surface area contributed by atoms with Crippen molar-refractivity contribution in [3.05, 3.63) is 16.0 Å². The predicted octanol–water partition coefficient (Wildman–Crippen LogP) is 4.83. The molecule has 192 valence electrons. The minimum atomic E-state index is -0.661. The van der Waals surface area contributed by atoms with Crippen molar-refractivity contribution in [2.75, 3.05) is 18.5 Å². The topological polar surface area (TPSA) is 92.8 Å². The van der Waals surface area contributed by atoms with Gasteiger partial charge in [0.05, 0.1) is 17.6 Å². The Labute approximate surface area is 212 Å². The van der Waals surface area contributed by atoms with Crippen LogP contribution in [0, 0.1) is 28.1 Å². The number of thiophene rings is 1. The number of likely N-dealkylation sites (tertiary alicyclic amines) is 1. The summed E-state index contributed by atoms with van der Waals surface area (Å²) >= 11 is 1.42. The maximum absolute atomic E-state index is 13.3. The smallest absolute Gasteiger partial charge is 0.341 e. The highest BCUT2D eigenvalue weighted by molar-refractivity contribution is 7.17. The van der Waals surface area contributed by atoms with Crippen LogP contribution in [0.15, 0.2) is 0 Å². The van der Waals surface area contributed by atoms with Crippen LogP contribution in [0.2, 0.25) is 0 Å². The van der Waals surface area contributed by atoms with Crippen LogP contribution >= 0.6 is 11.3 Å². The van der Waals surface area contributed by atoms with Gasteiger partial charge in [0.2, 0.25) is 17.7 Å². The lowest BCUT2D eigenvalue weighted by Crippen LogP contribution is -2.60. The summed E-state index contributed by atoms with van der Waals surface area (Å²) in [5, 5.41) is 3.32. The molecule has 1 saturated carbocycles. The molecule has 2 aliphatic carbocycles. The van der Waals surface area contributed by atoms with E-state index < -0.39 is 22.7 Å². The molecule has 3 unspecified atom stereocenters. The number of imide groups is 1. The van der Waals surface area contributed by atoms with E-state index in [-0.39, 0.29) is 36.3 Å². The highest BCUT2D eigenvalue weighted by Gasteiger charge is 2.64. The molecule has 8 heteroatoms. The second kappa shape index (κ2) is 8.71. The Morgan fingerprint density at radius 2 is 1.86 bits per heavy atom. The molecule has 0 radical (unpaired) electrons. The number of nitrogens with one attached hydrogen (secondary N) is 1. The van der Waals surface area contributed by atoms with Crippen LogP contribution in [-0.4, -0.2) is 41.7 Å². The van der Waals surface area contributed by atoms with Gasteiger partial charge in [-0.05, 0) is 61.3 Å². The van der Waals surface area contributed by atoms with Gasteiger partial charge in [-0.2, -0.15) is 0 Å². The molecule has 1 saturated heterocycles. The summed E-state index contributed by atoms with van der Waals surface area (Å²) in [7, 11) is 0. The van der Waals surface area contributed by atoms with Crippen LogP contribution in [0.25, 0.3) is 0 Å². The van der Waals surface area contributed by atoms with Gasteiger partial charge in [-0.1, -0.05) is 41.5 Å². The summed E-state index contributed by atoms with van der Waals surface area (Å²) in [5.74, 6) is -1.24. The van der Waals surface area contributed by atoms with Crippen molar-refractivity contribution in [1.29, 1.82) is 0 Å². The van der Waals surface area contributed by atoms with E-state index in [1.165, 1.54) is 11.3 Å². The third-order valence-electron chi connectivity index (χ3n) is 9.03. The van der Waals surface area contributed by atoms with Gasteiger partial charge in [0.1, 0.15) is 11.5 Å². The van der Waals surface area contributed by atoms with Crippen molar-refractivity contribution < 1.29 is 23.9 Å². The standard InChI is InChI=1S/C27H38N2O5S/c1-8-34-23(32)20-16-10-9-15(25(2,3)4)13-18(16)35-21(20)28-19(30)14-29-22(31)17-11-12-27(7,24(29)33)26(17,5)6/h15,17H,8-14H2,1-7H3,(H,28,30). The number of fused-ring (bicyclic) bond motifs is 3. The van der Waals surface area contributed by atoms with Gasteiger partial charge in [-0.25, -0.2) is 4.79 Å². The van der Waals surface area contributed by atoms with Crippen molar-refractivity contribution >= 4 is 40.0 Å². The average molecular weight is 503 g/mol. The molecule has 3 amide bonds. The molecule has 1 aromatic heterocycles. The van der Waals surface area contributed by atoms with Gasteiger partial charge in [-0.3, -0.25) is 19.3 Å². The number of carbonyl (C=O) groups is 4. The SMILES string of the molecule is CCOC(=O)c1c(NC(=O)CN2C(=O)C3CCC(C)(C2=O)C3(C)C)sc2c1CCC(C(C)(C)C)C2. The zero-order valence-corrected chi connectivity index (χ0v) is 22.8. The Balaban J connectivity index is 1.58. The molecule has 1 aromatic rings. The van der Waals surface area contributed by atoms with Gasteiger partial charge < -0.3 is 10.1 Å². The molecule has 3 atom stereocenters. The number of rotatable bonds is 5. The second-order valence-electron chi connectivity index (χ2n) is 12.2. The van der Waals surface area contributed by atoms with Crippen LogP contribution < -0.4 is 5.32 Å². The van der Waals surface area contributed by atoms with Crippen molar-refractivity contribution in [3.8, 4) is 0 Å². The molecule has 4 rings (SSSR count). The Morgan fingerprint density at radius 1 is 1.17 bits per heavy atom. The first-order chi connectivity index (χ1) is 16.2. The number of carbonyl (C=O) groups excluding carboxylic acids is 4. The molecule has 1 aliphatic heterocycles. The average Bonchev–Trinajstić information content (AvgIpc) is 3.20. The molecule has 2 heterocycles. The van der Waals surface area contributed by atoms with Gasteiger partial charge in [-0.15, -0.1) is 11.3 Å². The summed E-state index contributed by atoms with van der Waals surface area (Å²) in [4.78, 5) is 54.7. The summed E-state index contributed by atoms with van der Waals surface area (Å²) in [5.41, 5.74) is 0.444. The number of hydrogen-bond acceptors (Lipinski definition) is 6. The van der Waals surface area contributed by atoms with Crippen molar-refractivity contribution in [2.24, 2.45) is 28.1 Å². The van der Waals surface area contributed by atoms with Crippen LogP contribution in [0.4, 0.5) is 5.00 Å². The highest BCUT2D eigenvalue weighted by Crippen LogP contribution is 2.60. The van der Waals surface area contributed by atoms with E-state index in [4.69, 9.17) is 4.74 Å². The third kappa shape index (κ3) is 4.11. The van der Waals surface area contributed by atoms with E-state index in [0.29, 0.717) is 29.3 Å². The van der Waals surface area contributed by atoms with Crippen LogP contribution in [0.3, 0.4) is 0 Å². The molecular weight excluding hydrogens is 464 g/mol. The number of piperidine rings is 1. The maximum atomic E-state index is 13.3. The number of esters is 1. The van der Waals surface area contributed by atoms with Gasteiger partial charge >= 0.3 is 5.97 Å². The zero-order chi connectivity index (χ0) is 25.9. The van der Waals surface area contributed by atoms with E-state index in [1.807, 2.05) is 20.8 Å². The monoisotopic (exact) mass is 502 g/mol. The first-order valence-corrected chi connectivity index (χ1v) is 13.5. The fourth-order valence-electron chi connectivity index (χ4n) is 6.19. The van der Waals surface area contributed by atoms with Gasteiger partial charge in [0.15, 0.2) is 0 Å². The molecule has 0 aromatic carbocycles. The molecule has 2 bridgehead atoms. The summed E-state index contributed by atoms with van der Waals surface area (Å²) in [6.07, 6.45) is 3.89. The predicted molar refractivity (Wildman–Crippen MR) is 135 cm³/mol. The minimum Gasteiger partial charge on any atom is -0.462 e. The van der Waals surface area contributed by atoms with E-state index in [1.54, 1.807) is 6.92 Å². The lowest BCUT2D eigenvalue weighted by atomic mass is 9.62. The molecule has 0 spiro atoms. The Bertz CT molecular complexity index is 1080. The Kier molecular flexibility index (Phi) is 6.44. The zero-order valence-electron chi connectivity index (χ0n) is 22.0. The second-order valence-corrected chi connectivity index (χ2v) is 13.3. The fraction of sp³-hybridized carbons (Fsp3) is 0.704. The number of hydrogen-bond donors (Lipinski definition) is 1. The summed E-state index contributed by atoms with van der Waals surface area (Å²) < 4.78 is 5.32. The number of anilines is 1. The summed E-state index contributed by atoms with van der Waals surface area (Å²) in [6.45, 7) is 14.2. The van der Waals surface area contributed by atoms with Gasteiger partial charge in [0, 0.05) is 10.8 Å². The lowest BCUT2D eigenvalue weighted by Gasteiger charge is -2.47. The molecule has 3 aliphatic rings. The highest BCUT2D eigenvalue weighted by atomic mass is 32.1. The Morgan fingerprint density at radius 3 is 2.49 bits per heavy atom. The van der Waals surface area contributed by atoms with Crippen LogP contribution in [-0.2, 0) is 32.0 Å². The van der Waals surface area contributed by atoms with E-state index in [0.717, 1.165) is 34.6 Å². The van der Waals surface area contributed by atoms with Crippen LogP contribution in [0.1, 0.15) is 88.5 Å². The lowest BCUT2D eigenvalue weighted by molar-refractivity contribution is -0.168. The number of nitrogens with zero attached hydrogens (tertiary/aromatic N) is 1. The first kappa shape index (κ1) is 25.9. The van der Waals surface area contributed by atoms with E-state index in [9.17, 15) is 19.2 Å². The molecule has 35 heavy (non-hydrogen) atoms. The Hall–Kier alpha value is -2.22. The maximum Gasteiger partial charge on any atom is 0.341 e. The van der Waals surface area contributed by atoms with Crippen molar-refractivity contribution in [3.63, 3.8) is 0 Å². The summed E-state index contributed by atoms with van der Waals surface area (Å²) in [6, 6.07) is 0. The van der Waals surface area contributed by atoms with Crippen molar-refractivity contribution in [1.82, 2.24) is 4.90 Å². The number of ether oxygens (including phenoxy) is 1. The minimum absolute atomic E-state index is 0.146. The third-order valence-corrected chi connectivity index (χ3v) is 10.2. The molecule has 2 fully saturated rings. The van der Waals surface area contributed by atoms with Crippen molar-refractivity contribution in [2.45, 2.75) is 80.6 Å². The quantitative estimate of drug-likeness (QED) is 0.460. The largest absolute Gasteiger partial charge is 0.462 e. The van der Waals surface area contributed by atoms with Gasteiger partial charge in [0.25, 0.3) is 0 Å². The fourth-order valence-corrected chi connectivity index (χ4v) is 7.52. The first-order valence-electron chi connectivity index (χ1n) is 12.7.